The Balaban J connectivity index is 1.58. The molecule has 0 radical (unpaired) electrons. The van der Waals surface area contributed by atoms with Crippen LogP contribution in [0.25, 0.3) is 0 Å². The fraction of sp³-hybridized carbons (Fsp3) is 0.350. The lowest BCUT2D eigenvalue weighted by atomic mass is 10.0. The summed E-state index contributed by atoms with van der Waals surface area (Å²) in [6, 6.07) is 15.5. The Morgan fingerprint density at radius 1 is 1.35 bits per heavy atom. The molecule has 1 amide bonds. The van der Waals surface area contributed by atoms with Gasteiger partial charge in [0.05, 0.1) is 16.7 Å². The second kappa shape index (κ2) is 8.72. The molecule has 0 bridgehead atoms. The van der Waals surface area contributed by atoms with Crippen molar-refractivity contribution in [1.29, 1.82) is 5.26 Å². The first-order valence-electron chi connectivity index (χ1n) is 8.66. The van der Waals surface area contributed by atoms with Crippen LogP contribution in [0.5, 0.6) is 0 Å². The lowest BCUT2D eigenvalue weighted by molar-refractivity contribution is 0.0734. The van der Waals surface area contributed by atoms with E-state index in [4.69, 9.17) is 10.00 Å². The van der Waals surface area contributed by atoms with Crippen LogP contribution < -0.4 is 0 Å². The van der Waals surface area contributed by atoms with Gasteiger partial charge in [-0.25, -0.2) is 9.78 Å². The van der Waals surface area contributed by atoms with Gasteiger partial charge in [-0.05, 0) is 37.5 Å². The van der Waals surface area contributed by atoms with Crippen molar-refractivity contribution in [2.75, 3.05) is 6.54 Å². The molecule has 0 unspecified atom stereocenters. The van der Waals surface area contributed by atoms with Crippen LogP contribution in [-0.4, -0.2) is 33.8 Å². The number of hydrogen-bond acceptors (Lipinski definition) is 5. The SMILES string of the molecule is C[C@@H]1CC[C@@H](Sc2cc(C#N)ccn2)CN1C(=O)OCc1ccccc1. The smallest absolute Gasteiger partial charge is 0.410 e. The minimum atomic E-state index is -0.273. The lowest BCUT2D eigenvalue weighted by Gasteiger charge is -2.36. The standard InChI is InChI=1S/C20H21N3O2S/c1-15-7-8-18(26-19-11-17(12-21)9-10-22-19)13-23(15)20(24)25-14-16-5-3-2-4-6-16/h2-6,9-11,15,18H,7-8,13-14H2,1H3/t15-,18-/m1/s1. The molecule has 6 heteroatoms. The first kappa shape index (κ1) is 18.3. The van der Waals surface area contributed by atoms with Crippen LogP contribution >= 0.6 is 11.8 Å². The van der Waals surface area contributed by atoms with Gasteiger partial charge in [0.25, 0.3) is 0 Å². The van der Waals surface area contributed by atoms with Gasteiger partial charge in [-0.15, -0.1) is 11.8 Å². The molecule has 3 rings (SSSR count). The number of ether oxygens (including phenoxy) is 1. The Morgan fingerprint density at radius 3 is 2.92 bits per heavy atom. The Kier molecular flexibility index (Phi) is 6.13. The van der Waals surface area contributed by atoms with Gasteiger partial charge in [-0.2, -0.15) is 5.26 Å². The van der Waals surface area contributed by atoms with Gasteiger partial charge >= 0.3 is 6.09 Å². The first-order valence-corrected chi connectivity index (χ1v) is 9.54. The van der Waals surface area contributed by atoms with Crippen LogP contribution in [-0.2, 0) is 11.3 Å². The van der Waals surface area contributed by atoms with Gasteiger partial charge in [0.2, 0.25) is 0 Å². The van der Waals surface area contributed by atoms with Gasteiger partial charge < -0.3 is 9.64 Å². The van der Waals surface area contributed by atoms with E-state index in [0.29, 0.717) is 12.1 Å². The molecule has 0 spiro atoms. The van der Waals surface area contributed by atoms with Crippen LogP contribution in [0.1, 0.15) is 30.9 Å². The van der Waals surface area contributed by atoms with Gasteiger partial charge in [0, 0.05) is 24.0 Å². The number of amides is 1. The van der Waals surface area contributed by atoms with Gasteiger partial charge in [0.1, 0.15) is 6.61 Å². The van der Waals surface area contributed by atoms with Crippen molar-refractivity contribution in [3.63, 3.8) is 0 Å². The Morgan fingerprint density at radius 2 is 2.15 bits per heavy atom. The van der Waals surface area contributed by atoms with E-state index in [1.165, 1.54) is 0 Å². The third-order valence-corrected chi connectivity index (χ3v) is 5.61. The van der Waals surface area contributed by atoms with Crippen molar-refractivity contribution < 1.29 is 9.53 Å². The van der Waals surface area contributed by atoms with Crippen molar-refractivity contribution >= 4 is 17.9 Å². The number of hydrogen-bond donors (Lipinski definition) is 0. The number of nitriles is 1. The molecule has 26 heavy (non-hydrogen) atoms. The maximum atomic E-state index is 12.5. The van der Waals surface area contributed by atoms with Gasteiger partial charge in [-0.3, -0.25) is 0 Å². The first-order chi connectivity index (χ1) is 12.7. The van der Waals surface area contributed by atoms with Crippen molar-refractivity contribution in [2.24, 2.45) is 0 Å². The van der Waals surface area contributed by atoms with E-state index in [1.807, 2.05) is 30.3 Å². The van der Waals surface area contributed by atoms with Crippen molar-refractivity contribution in [2.45, 2.75) is 42.7 Å². The third-order valence-electron chi connectivity index (χ3n) is 4.43. The molecule has 1 aliphatic rings. The molecule has 0 saturated carbocycles. The number of carbonyl (C=O) groups is 1. The summed E-state index contributed by atoms with van der Waals surface area (Å²) in [6.07, 6.45) is 3.31. The zero-order chi connectivity index (χ0) is 18.4. The molecule has 0 N–H and O–H groups in total. The van der Waals surface area contributed by atoms with E-state index in [2.05, 4.69) is 18.0 Å². The predicted molar refractivity (Wildman–Crippen MR) is 101 cm³/mol. The quantitative estimate of drug-likeness (QED) is 0.809. The largest absolute Gasteiger partial charge is 0.445 e. The number of piperidine rings is 1. The molecule has 1 aliphatic heterocycles. The average molecular weight is 367 g/mol. The molecular formula is C20H21N3O2S. The maximum Gasteiger partial charge on any atom is 0.410 e. The fourth-order valence-electron chi connectivity index (χ4n) is 2.94. The zero-order valence-corrected chi connectivity index (χ0v) is 15.5. The fourth-order valence-corrected chi connectivity index (χ4v) is 4.09. The second-order valence-electron chi connectivity index (χ2n) is 6.35. The van der Waals surface area contributed by atoms with Crippen LogP contribution in [0.3, 0.4) is 0 Å². The maximum absolute atomic E-state index is 12.5. The molecule has 1 saturated heterocycles. The normalized spacial score (nSPS) is 19.6. The number of thioether (sulfide) groups is 1. The summed E-state index contributed by atoms with van der Waals surface area (Å²) in [5.41, 5.74) is 1.58. The molecular weight excluding hydrogens is 346 g/mol. The van der Waals surface area contributed by atoms with Crippen LogP contribution in [0.2, 0.25) is 0 Å². The summed E-state index contributed by atoms with van der Waals surface area (Å²) in [4.78, 5) is 18.6. The van der Waals surface area contributed by atoms with Crippen LogP contribution in [0.4, 0.5) is 4.79 Å². The summed E-state index contributed by atoms with van der Waals surface area (Å²) in [5.74, 6) is 0. The molecule has 1 aromatic carbocycles. The van der Waals surface area contributed by atoms with Crippen molar-refractivity contribution in [1.82, 2.24) is 9.88 Å². The topological polar surface area (TPSA) is 66.2 Å². The third kappa shape index (κ3) is 4.77. The lowest BCUT2D eigenvalue weighted by Crippen LogP contribution is -2.46. The highest BCUT2D eigenvalue weighted by Crippen LogP contribution is 2.31. The summed E-state index contributed by atoms with van der Waals surface area (Å²) in [6.45, 7) is 2.96. The van der Waals surface area contributed by atoms with Crippen molar-refractivity contribution in [3.8, 4) is 6.07 Å². The Labute approximate surface area is 158 Å². The van der Waals surface area contributed by atoms with Crippen LogP contribution in [0, 0.1) is 11.3 Å². The molecule has 2 heterocycles. The molecule has 2 aromatic rings. The molecule has 5 nitrogen and oxygen atoms in total. The molecule has 2 atom stereocenters. The number of benzene rings is 1. The number of aromatic nitrogens is 1. The van der Waals surface area contributed by atoms with E-state index in [1.54, 1.807) is 35.0 Å². The highest BCUT2D eigenvalue weighted by molar-refractivity contribution is 7.99. The predicted octanol–water partition coefficient (Wildman–Crippen LogP) is 4.24. The monoisotopic (exact) mass is 367 g/mol. The van der Waals surface area contributed by atoms with E-state index in [-0.39, 0.29) is 24.0 Å². The van der Waals surface area contributed by atoms with E-state index in [0.717, 1.165) is 23.4 Å². The summed E-state index contributed by atoms with van der Waals surface area (Å²) >= 11 is 1.62. The highest BCUT2D eigenvalue weighted by atomic mass is 32.2. The van der Waals surface area contributed by atoms with E-state index in [9.17, 15) is 4.79 Å². The van der Waals surface area contributed by atoms with Crippen LogP contribution in [0.15, 0.2) is 53.7 Å². The van der Waals surface area contributed by atoms with E-state index >= 15 is 0 Å². The molecule has 1 aromatic heterocycles. The number of nitrogens with zero attached hydrogens (tertiary/aromatic N) is 3. The summed E-state index contributed by atoms with van der Waals surface area (Å²) < 4.78 is 5.49. The molecule has 0 aliphatic carbocycles. The second-order valence-corrected chi connectivity index (χ2v) is 7.67. The zero-order valence-electron chi connectivity index (χ0n) is 14.7. The number of pyridine rings is 1. The number of likely N-dealkylation sites (tertiary alicyclic amines) is 1. The average Bonchev–Trinajstić information content (AvgIpc) is 2.68. The number of rotatable bonds is 4. The van der Waals surface area contributed by atoms with Crippen molar-refractivity contribution in [3.05, 3.63) is 59.8 Å². The van der Waals surface area contributed by atoms with E-state index < -0.39 is 0 Å². The molecule has 1 fully saturated rings. The minimum absolute atomic E-state index is 0.161. The summed E-state index contributed by atoms with van der Waals surface area (Å²) in [7, 11) is 0. The Bertz CT molecular complexity index is 791. The highest BCUT2D eigenvalue weighted by Gasteiger charge is 2.30. The van der Waals surface area contributed by atoms with Gasteiger partial charge in [-0.1, -0.05) is 30.3 Å². The minimum Gasteiger partial charge on any atom is -0.445 e. The number of carbonyl (C=O) groups excluding carboxylic acids is 1. The Hall–Kier alpha value is -2.52. The van der Waals surface area contributed by atoms with Gasteiger partial charge in [0.15, 0.2) is 0 Å². The summed E-state index contributed by atoms with van der Waals surface area (Å²) in [5, 5.41) is 10.1. The molecule has 134 valence electrons.